The number of primary amides is 1. The van der Waals surface area contributed by atoms with Crippen LogP contribution >= 0.6 is 0 Å². The first-order valence-electron chi connectivity index (χ1n) is 13.5. The minimum absolute atomic E-state index is 0.0607. The second-order valence-corrected chi connectivity index (χ2v) is 11.3. The molecule has 0 aliphatic rings. The number of carbonyl (C=O) groups excluding carboxylic acids is 1. The van der Waals surface area contributed by atoms with E-state index in [1.807, 2.05) is 25.1 Å². The van der Waals surface area contributed by atoms with Gasteiger partial charge >= 0.3 is 5.69 Å². The van der Waals surface area contributed by atoms with Gasteiger partial charge in [-0.25, -0.2) is 13.8 Å². The van der Waals surface area contributed by atoms with Crippen molar-refractivity contribution < 1.29 is 14.3 Å². The largest absolute Gasteiger partial charge is 0.386 e. The van der Waals surface area contributed by atoms with Crippen LogP contribution in [0.25, 0.3) is 49.5 Å². The third-order valence-corrected chi connectivity index (χ3v) is 8.06. The molecule has 42 heavy (non-hydrogen) atoms. The summed E-state index contributed by atoms with van der Waals surface area (Å²) in [7, 11) is 0. The van der Waals surface area contributed by atoms with Crippen molar-refractivity contribution in [1.29, 1.82) is 0 Å². The highest BCUT2D eigenvalue weighted by atomic mass is 19.1. The lowest BCUT2D eigenvalue weighted by atomic mass is 9.90. The Bertz CT molecular complexity index is 2250. The summed E-state index contributed by atoms with van der Waals surface area (Å²) >= 11 is 0. The fourth-order valence-corrected chi connectivity index (χ4v) is 5.86. The topological polar surface area (TPSA) is 134 Å². The molecule has 0 saturated carbocycles. The van der Waals surface area contributed by atoms with Crippen LogP contribution in [0.3, 0.4) is 0 Å². The zero-order valence-electron chi connectivity index (χ0n) is 23.8. The van der Waals surface area contributed by atoms with Crippen LogP contribution in [-0.2, 0) is 5.60 Å². The van der Waals surface area contributed by atoms with Crippen molar-refractivity contribution in [2.75, 3.05) is 0 Å². The second-order valence-electron chi connectivity index (χ2n) is 11.3. The molecule has 2 aromatic heterocycles. The van der Waals surface area contributed by atoms with Gasteiger partial charge in [0, 0.05) is 16.3 Å². The number of aliphatic hydroxyl groups is 1. The Hall–Kier alpha value is -5.02. The van der Waals surface area contributed by atoms with Crippen LogP contribution in [0.2, 0.25) is 0 Å². The van der Waals surface area contributed by atoms with Gasteiger partial charge in [-0.1, -0.05) is 30.3 Å². The molecule has 0 radical (unpaired) electrons. The number of fused-ring (bicyclic) bond motifs is 4. The quantitative estimate of drug-likeness (QED) is 0.229. The third kappa shape index (κ3) is 3.96. The Morgan fingerprint density at radius 2 is 1.64 bits per heavy atom. The number of hydrogen-bond acceptors (Lipinski definition) is 4. The average molecular weight is 565 g/mol. The number of benzene rings is 4. The van der Waals surface area contributed by atoms with Gasteiger partial charge in [0.25, 0.3) is 11.5 Å². The van der Waals surface area contributed by atoms with E-state index in [0.717, 1.165) is 37.5 Å². The van der Waals surface area contributed by atoms with Crippen molar-refractivity contribution >= 4 is 38.6 Å². The number of carbonyl (C=O) groups is 1. The smallest absolute Gasteiger partial charge is 0.333 e. The number of rotatable bonds is 4. The predicted molar refractivity (Wildman–Crippen MR) is 163 cm³/mol. The lowest BCUT2D eigenvalue weighted by Crippen LogP contribution is -2.34. The summed E-state index contributed by atoms with van der Waals surface area (Å²) in [6.07, 6.45) is 0. The van der Waals surface area contributed by atoms with Gasteiger partial charge in [-0.05, 0) is 92.3 Å². The normalized spacial score (nSPS) is 12.1. The summed E-state index contributed by atoms with van der Waals surface area (Å²) in [5.74, 6) is -1.24. The van der Waals surface area contributed by atoms with Crippen LogP contribution in [0.1, 0.15) is 46.5 Å². The molecule has 2 heterocycles. The van der Waals surface area contributed by atoms with Gasteiger partial charge in [0.2, 0.25) is 0 Å². The molecule has 6 rings (SSSR count). The molecule has 8 nitrogen and oxygen atoms in total. The van der Waals surface area contributed by atoms with Gasteiger partial charge in [0.05, 0.1) is 33.3 Å². The molecule has 1 amide bonds. The highest BCUT2D eigenvalue weighted by Crippen LogP contribution is 2.41. The maximum atomic E-state index is 14.7. The summed E-state index contributed by atoms with van der Waals surface area (Å²) in [4.78, 5) is 45.1. The fraction of sp³-hybridized carbons (Fsp3) is 0.182. The minimum atomic E-state index is -1.09. The Labute approximate surface area is 239 Å². The van der Waals surface area contributed by atoms with Crippen molar-refractivity contribution in [3.05, 3.63) is 109 Å². The standard InChI is InChI=1S/C33H29FN4O4/c1-15-9-10-22-29(27(15)34)37-32(41)38(31(22)40)24-8-6-7-19(17(24)3)20-11-12-21(30(35)39)28-26(20)25-16(2)13-18(33(4,5)42)14-23(25)36-28/h6-14,36,42H,1-5H3,(H2,35,39)(H,37,41). The molecule has 0 atom stereocenters. The van der Waals surface area contributed by atoms with Gasteiger partial charge in [-0.2, -0.15) is 0 Å². The summed E-state index contributed by atoms with van der Waals surface area (Å²) in [6, 6.07) is 15.5. The number of amides is 1. The summed E-state index contributed by atoms with van der Waals surface area (Å²) < 4.78 is 15.8. The number of nitrogens with one attached hydrogen (secondary N) is 2. The molecule has 4 aromatic carbocycles. The fourth-order valence-electron chi connectivity index (χ4n) is 5.86. The lowest BCUT2D eigenvalue weighted by Gasteiger charge is -2.19. The van der Waals surface area contributed by atoms with E-state index in [9.17, 15) is 23.9 Å². The van der Waals surface area contributed by atoms with E-state index in [1.165, 1.54) is 12.1 Å². The van der Waals surface area contributed by atoms with E-state index >= 15 is 0 Å². The molecule has 0 saturated heterocycles. The van der Waals surface area contributed by atoms with Crippen molar-refractivity contribution in [3.63, 3.8) is 0 Å². The summed E-state index contributed by atoms with van der Waals surface area (Å²) in [6.45, 7) is 8.71. The van der Waals surface area contributed by atoms with Crippen LogP contribution in [0.5, 0.6) is 0 Å². The van der Waals surface area contributed by atoms with E-state index in [-0.39, 0.29) is 10.9 Å². The van der Waals surface area contributed by atoms with E-state index in [1.54, 1.807) is 52.0 Å². The minimum Gasteiger partial charge on any atom is -0.386 e. The van der Waals surface area contributed by atoms with Crippen molar-refractivity contribution in [3.8, 4) is 16.8 Å². The Balaban J connectivity index is 1.68. The molecular weight excluding hydrogens is 535 g/mol. The third-order valence-electron chi connectivity index (χ3n) is 8.06. The van der Waals surface area contributed by atoms with Crippen LogP contribution in [0.4, 0.5) is 4.39 Å². The number of aromatic nitrogens is 3. The Morgan fingerprint density at radius 1 is 0.905 bits per heavy atom. The van der Waals surface area contributed by atoms with Gasteiger partial charge in [0.15, 0.2) is 0 Å². The number of nitrogens with zero attached hydrogens (tertiary/aromatic N) is 1. The predicted octanol–water partition coefficient (Wildman–Crippen LogP) is 5.37. The van der Waals surface area contributed by atoms with Gasteiger partial charge < -0.3 is 20.8 Å². The zero-order chi connectivity index (χ0) is 30.2. The zero-order valence-corrected chi connectivity index (χ0v) is 23.8. The number of H-pyrrole nitrogens is 2. The van der Waals surface area contributed by atoms with Crippen LogP contribution in [0.15, 0.2) is 64.2 Å². The van der Waals surface area contributed by atoms with Gasteiger partial charge in [-0.15, -0.1) is 0 Å². The molecule has 0 unspecified atom stereocenters. The lowest BCUT2D eigenvalue weighted by molar-refractivity contribution is 0.0786. The number of hydrogen-bond donors (Lipinski definition) is 4. The van der Waals surface area contributed by atoms with Gasteiger partial charge in [-0.3, -0.25) is 9.59 Å². The molecule has 0 bridgehead atoms. The highest BCUT2D eigenvalue weighted by Gasteiger charge is 2.23. The molecule has 0 fully saturated rings. The molecule has 6 aromatic rings. The van der Waals surface area contributed by atoms with E-state index < -0.39 is 28.6 Å². The molecule has 9 heteroatoms. The van der Waals surface area contributed by atoms with Crippen LogP contribution < -0.4 is 17.0 Å². The highest BCUT2D eigenvalue weighted by molar-refractivity contribution is 6.21. The molecule has 0 aliphatic heterocycles. The number of nitrogens with two attached hydrogens (primary N) is 1. The number of aryl methyl sites for hydroxylation is 2. The second kappa shape index (κ2) is 9.25. The maximum absolute atomic E-state index is 14.7. The molecule has 212 valence electrons. The summed E-state index contributed by atoms with van der Waals surface area (Å²) in [5.41, 5.74) is 9.09. The Morgan fingerprint density at radius 3 is 2.33 bits per heavy atom. The van der Waals surface area contributed by atoms with Crippen molar-refractivity contribution in [1.82, 2.24) is 14.5 Å². The molecule has 0 spiro atoms. The van der Waals surface area contributed by atoms with Crippen molar-refractivity contribution in [2.24, 2.45) is 5.73 Å². The molecule has 5 N–H and O–H groups in total. The Kier molecular flexibility index (Phi) is 5.98. The van der Waals surface area contributed by atoms with Crippen molar-refractivity contribution in [2.45, 2.75) is 40.2 Å². The first-order chi connectivity index (χ1) is 19.8. The van der Waals surface area contributed by atoms with Gasteiger partial charge in [0.1, 0.15) is 5.82 Å². The van der Waals surface area contributed by atoms with Crippen LogP contribution in [0, 0.1) is 26.6 Å². The maximum Gasteiger partial charge on any atom is 0.333 e. The average Bonchev–Trinajstić information content (AvgIpc) is 3.31. The first kappa shape index (κ1) is 27.2. The van der Waals surface area contributed by atoms with E-state index in [2.05, 4.69) is 9.97 Å². The van der Waals surface area contributed by atoms with E-state index in [0.29, 0.717) is 33.5 Å². The molecule has 0 aliphatic carbocycles. The summed E-state index contributed by atoms with van der Waals surface area (Å²) in [5, 5.41) is 12.3. The van der Waals surface area contributed by atoms with E-state index in [4.69, 9.17) is 5.73 Å². The van der Waals surface area contributed by atoms with Crippen LogP contribution in [-0.4, -0.2) is 25.5 Å². The molecular formula is C33H29FN4O4. The number of halogens is 1. The monoisotopic (exact) mass is 564 g/mol. The SMILES string of the molecule is Cc1ccc2c(=O)n(-c3cccc(-c4ccc(C(N)=O)c5[nH]c6cc(C(C)(C)O)cc(C)c6c45)c3C)c(=O)[nH]c2c1F. The first-order valence-corrected chi connectivity index (χ1v) is 13.5. The number of aromatic amines is 2.